The van der Waals surface area contributed by atoms with Crippen molar-refractivity contribution < 1.29 is 9.90 Å². The van der Waals surface area contributed by atoms with E-state index < -0.39 is 6.04 Å². The van der Waals surface area contributed by atoms with Crippen molar-refractivity contribution in [2.75, 3.05) is 6.61 Å². The van der Waals surface area contributed by atoms with Gasteiger partial charge in [-0.3, -0.25) is 4.79 Å². The van der Waals surface area contributed by atoms with Gasteiger partial charge in [0, 0.05) is 4.47 Å². The molecule has 2 N–H and O–H groups in total. The highest BCUT2D eigenvalue weighted by atomic mass is 79.9. The number of benzene rings is 2. The Morgan fingerprint density at radius 1 is 1.25 bits per heavy atom. The maximum absolute atomic E-state index is 12.7. The SMILES string of the molecule is O=C(NC(CO)c1ccccc1)c1cc(Br)ccc1-n1cnnn1. The van der Waals surface area contributed by atoms with E-state index in [-0.39, 0.29) is 12.5 Å². The van der Waals surface area contributed by atoms with E-state index in [1.807, 2.05) is 30.3 Å². The minimum atomic E-state index is -0.501. The van der Waals surface area contributed by atoms with Crippen molar-refractivity contribution in [3.05, 3.63) is 70.5 Å². The number of aliphatic hydroxyl groups is 1. The molecule has 8 heteroatoms. The van der Waals surface area contributed by atoms with E-state index in [0.29, 0.717) is 11.3 Å². The van der Waals surface area contributed by atoms with Crippen molar-refractivity contribution in [3.8, 4) is 5.69 Å². The second-order valence-corrected chi connectivity index (χ2v) is 5.95. The number of nitrogens with one attached hydrogen (secondary N) is 1. The molecule has 1 aromatic heterocycles. The van der Waals surface area contributed by atoms with E-state index in [2.05, 4.69) is 36.8 Å². The normalized spacial score (nSPS) is 11.9. The zero-order chi connectivity index (χ0) is 16.9. The van der Waals surface area contributed by atoms with Crippen molar-refractivity contribution >= 4 is 21.8 Å². The first-order valence-corrected chi connectivity index (χ1v) is 7.98. The van der Waals surface area contributed by atoms with E-state index in [9.17, 15) is 9.90 Å². The van der Waals surface area contributed by atoms with Crippen LogP contribution in [0, 0.1) is 0 Å². The van der Waals surface area contributed by atoms with Gasteiger partial charge < -0.3 is 10.4 Å². The number of hydrogen-bond acceptors (Lipinski definition) is 5. The topological polar surface area (TPSA) is 92.9 Å². The van der Waals surface area contributed by atoms with Crippen LogP contribution in [0.15, 0.2) is 59.3 Å². The van der Waals surface area contributed by atoms with Crippen molar-refractivity contribution in [2.24, 2.45) is 0 Å². The summed E-state index contributed by atoms with van der Waals surface area (Å²) in [6, 6.07) is 14.0. The summed E-state index contributed by atoms with van der Waals surface area (Å²) in [6.45, 7) is -0.204. The van der Waals surface area contributed by atoms with Crippen LogP contribution in [0.2, 0.25) is 0 Å². The quantitative estimate of drug-likeness (QED) is 0.697. The van der Waals surface area contributed by atoms with Gasteiger partial charge in [-0.05, 0) is 34.2 Å². The first-order valence-electron chi connectivity index (χ1n) is 7.18. The fourth-order valence-corrected chi connectivity index (χ4v) is 2.68. The Labute approximate surface area is 146 Å². The molecule has 1 atom stereocenters. The van der Waals surface area contributed by atoms with Crippen LogP contribution < -0.4 is 5.32 Å². The molecule has 3 rings (SSSR count). The Bertz CT molecular complexity index is 824. The zero-order valence-electron chi connectivity index (χ0n) is 12.5. The molecule has 1 heterocycles. The average Bonchev–Trinajstić information content (AvgIpc) is 3.14. The molecular formula is C16H14BrN5O2. The van der Waals surface area contributed by atoms with E-state index >= 15 is 0 Å². The molecular weight excluding hydrogens is 374 g/mol. The predicted octanol–water partition coefficient (Wildman–Crippen LogP) is 1.89. The summed E-state index contributed by atoms with van der Waals surface area (Å²) in [5.41, 5.74) is 1.77. The minimum absolute atomic E-state index is 0.204. The molecule has 0 aliphatic rings. The summed E-state index contributed by atoms with van der Waals surface area (Å²) in [5, 5.41) is 23.5. The van der Waals surface area contributed by atoms with Crippen molar-refractivity contribution in [3.63, 3.8) is 0 Å². The molecule has 1 unspecified atom stereocenters. The van der Waals surface area contributed by atoms with Crippen LogP contribution in [0.25, 0.3) is 5.69 Å². The number of aliphatic hydroxyl groups excluding tert-OH is 1. The van der Waals surface area contributed by atoms with Crippen LogP contribution in [0.3, 0.4) is 0 Å². The van der Waals surface area contributed by atoms with E-state index in [1.165, 1.54) is 11.0 Å². The van der Waals surface area contributed by atoms with Crippen LogP contribution in [-0.4, -0.2) is 37.8 Å². The summed E-state index contributed by atoms with van der Waals surface area (Å²) < 4.78 is 2.17. The van der Waals surface area contributed by atoms with Crippen LogP contribution >= 0.6 is 15.9 Å². The molecule has 2 aromatic carbocycles. The zero-order valence-corrected chi connectivity index (χ0v) is 14.1. The Kier molecular flexibility index (Phi) is 4.97. The van der Waals surface area contributed by atoms with Gasteiger partial charge in [0.15, 0.2) is 0 Å². The Hall–Kier alpha value is -2.58. The molecule has 0 aliphatic heterocycles. The van der Waals surface area contributed by atoms with Gasteiger partial charge in [-0.25, -0.2) is 0 Å². The molecule has 0 saturated heterocycles. The van der Waals surface area contributed by atoms with Crippen LogP contribution in [-0.2, 0) is 0 Å². The number of carbonyl (C=O) groups excluding carboxylic acids is 1. The molecule has 0 aliphatic carbocycles. The molecule has 122 valence electrons. The number of hydrogen-bond donors (Lipinski definition) is 2. The van der Waals surface area contributed by atoms with Crippen LogP contribution in [0.5, 0.6) is 0 Å². The molecule has 7 nitrogen and oxygen atoms in total. The number of halogens is 1. The summed E-state index contributed by atoms with van der Waals surface area (Å²) in [4.78, 5) is 12.7. The third kappa shape index (κ3) is 3.50. The van der Waals surface area contributed by atoms with Gasteiger partial charge in [0.25, 0.3) is 5.91 Å². The van der Waals surface area contributed by atoms with Crippen LogP contribution in [0.4, 0.5) is 0 Å². The Balaban J connectivity index is 1.91. The number of aromatic nitrogens is 4. The molecule has 1 amide bonds. The van der Waals surface area contributed by atoms with Gasteiger partial charge in [-0.1, -0.05) is 46.3 Å². The standard InChI is InChI=1S/C16H14BrN5O2/c17-12-6-7-15(22-10-18-20-21-22)13(8-12)16(24)19-14(9-23)11-4-2-1-3-5-11/h1-8,10,14,23H,9H2,(H,19,24). The van der Waals surface area contributed by atoms with Gasteiger partial charge in [0.2, 0.25) is 0 Å². The lowest BCUT2D eigenvalue weighted by atomic mass is 10.1. The predicted molar refractivity (Wildman–Crippen MR) is 90.6 cm³/mol. The largest absolute Gasteiger partial charge is 0.394 e. The molecule has 0 saturated carbocycles. The highest BCUT2D eigenvalue weighted by Crippen LogP contribution is 2.21. The molecule has 0 fully saturated rings. The summed E-state index contributed by atoms with van der Waals surface area (Å²) in [7, 11) is 0. The average molecular weight is 388 g/mol. The van der Waals surface area contributed by atoms with Gasteiger partial charge in [0.05, 0.1) is 23.9 Å². The third-order valence-electron chi connectivity index (χ3n) is 3.49. The number of amides is 1. The lowest BCUT2D eigenvalue weighted by Crippen LogP contribution is -2.31. The first-order chi connectivity index (χ1) is 11.7. The second kappa shape index (κ2) is 7.33. The molecule has 3 aromatic rings. The lowest BCUT2D eigenvalue weighted by Gasteiger charge is -2.18. The highest BCUT2D eigenvalue weighted by molar-refractivity contribution is 9.10. The van der Waals surface area contributed by atoms with E-state index in [4.69, 9.17) is 0 Å². The molecule has 24 heavy (non-hydrogen) atoms. The van der Waals surface area contributed by atoms with Gasteiger partial charge >= 0.3 is 0 Å². The molecule has 0 radical (unpaired) electrons. The van der Waals surface area contributed by atoms with Gasteiger partial charge in [0.1, 0.15) is 6.33 Å². The highest BCUT2D eigenvalue weighted by Gasteiger charge is 2.19. The van der Waals surface area contributed by atoms with Crippen molar-refractivity contribution in [1.29, 1.82) is 0 Å². The van der Waals surface area contributed by atoms with E-state index in [1.54, 1.807) is 18.2 Å². The molecule has 0 bridgehead atoms. The van der Waals surface area contributed by atoms with Crippen molar-refractivity contribution in [2.45, 2.75) is 6.04 Å². The Morgan fingerprint density at radius 2 is 2.04 bits per heavy atom. The summed E-state index contributed by atoms with van der Waals surface area (Å²) in [5.74, 6) is -0.329. The minimum Gasteiger partial charge on any atom is -0.394 e. The van der Waals surface area contributed by atoms with Crippen molar-refractivity contribution in [1.82, 2.24) is 25.5 Å². The maximum Gasteiger partial charge on any atom is 0.254 e. The summed E-state index contributed by atoms with van der Waals surface area (Å²) >= 11 is 3.37. The van der Waals surface area contributed by atoms with E-state index in [0.717, 1.165) is 10.0 Å². The Morgan fingerprint density at radius 3 is 2.71 bits per heavy atom. The fourth-order valence-electron chi connectivity index (χ4n) is 2.32. The van der Waals surface area contributed by atoms with Gasteiger partial charge in [-0.15, -0.1) is 5.10 Å². The third-order valence-corrected chi connectivity index (χ3v) is 3.98. The number of rotatable bonds is 5. The van der Waals surface area contributed by atoms with Crippen LogP contribution in [0.1, 0.15) is 22.0 Å². The maximum atomic E-state index is 12.7. The number of tetrazole rings is 1. The lowest BCUT2D eigenvalue weighted by molar-refractivity contribution is 0.0916. The second-order valence-electron chi connectivity index (χ2n) is 5.04. The smallest absolute Gasteiger partial charge is 0.254 e. The molecule has 0 spiro atoms. The summed E-state index contributed by atoms with van der Waals surface area (Å²) in [6.07, 6.45) is 1.42. The monoisotopic (exact) mass is 387 g/mol. The number of nitrogens with zero attached hydrogens (tertiary/aromatic N) is 4. The fraction of sp³-hybridized carbons (Fsp3) is 0.125. The number of carbonyl (C=O) groups is 1. The first kappa shape index (κ1) is 16.3. The van der Waals surface area contributed by atoms with Gasteiger partial charge in [-0.2, -0.15) is 4.68 Å².